The Morgan fingerprint density at radius 2 is 1.77 bits per heavy atom. The lowest BCUT2D eigenvalue weighted by atomic mass is 10.1. The van der Waals surface area contributed by atoms with Crippen LogP contribution < -0.4 is 0 Å². The lowest BCUT2D eigenvalue weighted by Gasteiger charge is -2.26. The number of rotatable bonds is 5. The minimum Gasteiger partial charge on any atom is -0.449 e. The van der Waals surface area contributed by atoms with Gasteiger partial charge in [-0.25, -0.2) is 4.79 Å². The van der Waals surface area contributed by atoms with Crippen LogP contribution in [-0.2, 0) is 9.53 Å². The molecule has 13 heavy (non-hydrogen) atoms. The first kappa shape index (κ1) is 12.1. The minimum atomic E-state index is -1.59. The molecule has 0 aliphatic rings. The maximum atomic E-state index is 10.9. The van der Waals surface area contributed by atoms with Gasteiger partial charge in [0.2, 0.25) is 0 Å². The van der Waals surface area contributed by atoms with Gasteiger partial charge in [-0.2, -0.15) is 0 Å². The minimum absolute atomic E-state index is 0.622. The van der Waals surface area contributed by atoms with E-state index in [0.29, 0.717) is 0 Å². The van der Waals surface area contributed by atoms with Gasteiger partial charge in [-0.05, 0) is 6.92 Å². The van der Waals surface area contributed by atoms with Crippen LogP contribution in [0.15, 0.2) is 12.2 Å². The van der Waals surface area contributed by atoms with Gasteiger partial charge in [0.25, 0.3) is 0 Å². The highest BCUT2D eigenvalue weighted by Gasteiger charge is 2.31. The Bertz CT molecular complexity index is 175. The van der Waals surface area contributed by atoms with Crippen molar-refractivity contribution in [3.05, 3.63) is 12.2 Å². The van der Waals surface area contributed by atoms with E-state index in [4.69, 9.17) is 15.3 Å². The van der Waals surface area contributed by atoms with Crippen LogP contribution in [0, 0.1) is 0 Å². The number of ether oxygens (including phenoxy) is 1. The number of aliphatic hydroxyl groups excluding tert-OH is 3. The van der Waals surface area contributed by atoms with E-state index in [1.807, 2.05) is 0 Å². The molecule has 0 spiro atoms. The average Bonchev–Trinajstić information content (AvgIpc) is 2.15. The fraction of sp³-hybridized carbons (Fsp3) is 0.625. The average molecular weight is 190 g/mol. The van der Waals surface area contributed by atoms with E-state index >= 15 is 0 Å². The first-order valence-electron chi connectivity index (χ1n) is 3.82. The highest BCUT2D eigenvalue weighted by atomic mass is 16.6. The Balaban J connectivity index is 4.32. The van der Waals surface area contributed by atoms with Gasteiger partial charge in [0.15, 0.2) is 5.60 Å². The predicted octanol–water partition coefficient (Wildman–Crippen LogP) is -1.18. The van der Waals surface area contributed by atoms with Crippen molar-refractivity contribution in [2.45, 2.75) is 12.5 Å². The summed E-state index contributed by atoms with van der Waals surface area (Å²) in [5.41, 5.74) is -1.59. The van der Waals surface area contributed by atoms with E-state index in [1.54, 1.807) is 6.92 Å². The predicted molar refractivity (Wildman–Crippen MR) is 44.9 cm³/mol. The zero-order chi connectivity index (χ0) is 10.3. The van der Waals surface area contributed by atoms with Crippen molar-refractivity contribution in [1.29, 1.82) is 0 Å². The molecule has 0 heterocycles. The SMILES string of the molecule is C/C=C\C(=O)OC(CO)(CO)CO. The largest absolute Gasteiger partial charge is 0.449 e. The maximum Gasteiger partial charge on any atom is 0.331 e. The molecule has 0 unspecified atom stereocenters. The highest BCUT2D eigenvalue weighted by Crippen LogP contribution is 2.09. The standard InChI is InChI=1S/C8H14O5/c1-2-3-7(12)13-8(4-9,5-10)6-11/h2-3,9-11H,4-6H2,1H3/b3-2-. The topological polar surface area (TPSA) is 87.0 Å². The maximum absolute atomic E-state index is 10.9. The molecule has 0 aromatic rings. The zero-order valence-corrected chi connectivity index (χ0v) is 7.43. The molecule has 0 bridgehead atoms. The highest BCUT2D eigenvalue weighted by molar-refractivity contribution is 5.82. The Kier molecular flexibility index (Phi) is 5.29. The van der Waals surface area contributed by atoms with Crippen LogP contribution in [-0.4, -0.2) is 46.7 Å². The summed E-state index contributed by atoms with van der Waals surface area (Å²) in [6.07, 6.45) is 2.59. The summed E-state index contributed by atoms with van der Waals surface area (Å²) >= 11 is 0. The van der Waals surface area contributed by atoms with Crippen LogP contribution in [0.4, 0.5) is 0 Å². The van der Waals surface area contributed by atoms with Crippen LogP contribution in [0.5, 0.6) is 0 Å². The van der Waals surface area contributed by atoms with Crippen molar-refractivity contribution >= 4 is 5.97 Å². The van der Waals surface area contributed by atoms with Crippen LogP contribution in [0.3, 0.4) is 0 Å². The molecule has 0 aromatic heterocycles. The van der Waals surface area contributed by atoms with Crippen molar-refractivity contribution in [3.8, 4) is 0 Å². The van der Waals surface area contributed by atoms with E-state index < -0.39 is 31.4 Å². The van der Waals surface area contributed by atoms with Gasteiger partial charge in [-0.15, -0.1) is 0 Å². The number of hydrogen-bond donors (Lipinski definition) is 3. The Labute approximate surface area is 76.3 Å². The molecular formula is C8H14O5. The van der Waals surface area contributed by atoms with Crippen LogP contribution in [0.2, 0.25) is 0 Å². The number of hydrogen-bond acceptors (Lipinski definition) is 5. The molecule has 0 atom stereocenters. The van der Waals surface area contributed by atoms with E-state index in [2.05, 4.69) is 4.74 Å². The monoisotopic (exact) mass is 190 g/mol. The third-order valence-electron chi connectivity index (χ3n) is 1.48. The molecule has 0 aromatic carbocycles. The van der Waals surface area contributed by atoms with Crippen LogP contribution in [0.25, 0.3) is 0 Å². The van der Waals surface area contributed by atoms with E-state index in [-0.39, 0.29) is 0 Å². The van der Waals surface area contributed by atoms with Gasteiger partial charge in [0, 0.05) is 6.08 Å². The molecular weight excluding hydrogens is 176 g/mol. The molecule has 0 radical (unpaired) electrons. The van der Waals surface area contributed by atoms with Crippen molar-refractivity contribution in [1.82, 2.24) is 0 Å². The van der Waals surface area contributed by atoms with Gasteiger partial charge in [0.1, 0.15) is 0 Å². The van der Waals surface area contributed by atoms with Gasteiger partial charge >= 0.3 is 5.97 Å². The van der Waals surface area contributed by atoms with Gasteiger partial charge < -0.3 is 20.1 Å². The number of carbonyl (C=O) groups excluding carboxylic acids is 1. The quantitative estimate of drug-likeness (QED) is 0.375. The smallest absolute Gasteiger partial charge is 0.331 e. The number of esters is 1. The van der Waals surface area contributed by atoms with Gasteiger partial charge in [0.05, 0.1) is 19.8 Å². The molecule has 0 fully saturated rings. The zero-order valence-electron chi connectivity index (χ0n) is 7.43. The summed E-state index contributed by atoms with van der Waals surface area (Å²) in [6, 6.07) is 0. The second-order valence-corrected chi connectivity index (χ2v) is 2.58. The van der Waals surface area contributed by atoms with Gasteiger partial charge in [-0.1, -0.05) is 6.08 Å². The molecule has 5 nitrogen and oxygen atoms in total. The second kappa shape index (κ2) is 5.69. The molecule has 0 amide bonds. The Morgan fingerprint density at radius 1 is 1.31 bits per heavy atom. The molecule has 0 rings (SSSR count). The Hall–Kier alpha value is -0.910. The Morgan fingerprint density at radius 3 is 2.08 bits per heavy atom. The molecule has 0 saturated carbocycles. The van der Waals surface area contributed by atoms with E-state index in [1.165, 1.54) is 6.08 Å². The van der Waals surface area contributed by atoms with Gasteiger partial charge in [-0.3, -0.25) is 0 Å². The van der Waals surface area contributed by atoms with E-state index in [0.717, 1.165) is 6.08 Å². The third kappa shape index (κ3) is 3.54. The summed E-state index contributed by atoms with van der Waals surface area (Å²) in [7, 11) is 0. The first-order valence-corrected chi connectivity index (χ1v) is 3.82. The summed E-state index contributed by atoms with van der Waals surface area (Å²) in [5, 5.41) is 26.3. The van der Waals surface area contributed by atoms with Crippen molar-refractivity contribution in [2.24, 2.45) is 0 Å². The molecule has 76 valence electrons. The van der Waals surface area contributed by atoms with Crippen LogP contribution in [0.1, 0.15) is 6.92 Å². The molecule has 0 aliphatic heterocycles. The van der Waals surface area contributed by atoms with Crippen LogP contribution >= 0.6 is 0 Å². The number of carbonyl (C=O) groups is 1. The number of allylic oxidation sites excluding steroid dienone is 1. The lowest BCUT2D eigenvalue weighted by molar-refractivity contribution is -0.170. The van der Waals surface area contributed by atoms with Crippen molar-refractivity contribution in [3.63, 3.8) is 0 Å². The molecule has 5 heteroatoms. The summed E-state index contributed by atoms with van der Waals surface area (Å²) in [6.45, 7) is -0.240. The molecule has 3 N–H and O–H groups in total. The fourth-order valence-electron chi connectivity index (χ4n) is 0.630. The summed E-state index contributed by atoms with van der Waals surface area (Å²) < 4.78 is 4.65. The number of aliphatic hydroxyl groups is 3. The van der Waals surface area contributed by atoms with E-state index in [9.17, 15) is 4.79 Å². The first-order chi connectivity index (χ1) is 6.14. The van der Waals surface area contributed by atoms with Crippen molar-refractivity contribution in [2.75, 3.05) is 19.8 Å². The lowest BCUT2D eigenvalue weighted by Crippen LogP contribution is -2.45. The second-order valence-electron chi connectivity index (χ2n) is 2.58. The molecule has 0 aliphatic carbocycles. The molecule has 0 saturated heterocycles. The summed E-state index contributed by atoms with van der Waals surface area (Å²) in [4.78, 5) is 10.9. The fourth-order valence-corrected chi connectivity index (χ4v) is 0.630. The van der Waals surface area contributed by atoms with Crippen molar-refractivity contribution < 1.29 is 24.9 Å². The summed E-state index contributed by atoms with van der Waals surface area (Å²) in [5.74, 6) is -0.709. The third-order valence-corrected chi connectivity index (χ3v) is 1.48. The normalized spacial score (nSPS) is 12.0.